The van der Waals surface area contributed by atoms with Crippen LogP contribution in [0.2, 0.25) is 0 Å². The molecular formula is C16H17FN2O2. The van der Waals surface area contributed by atoms with Gasteiger partial charge in [-0.05, 0) is 30.7 Å². The minimum atomic E-state index is -0.347. The Balaban J connectivity index is 1.84. The van der Waals surface area contributed by atoms with Crippen LogP contribution in [0.25, 0.3) is 0 Å². The molecule has 0 spiro atoms. The first-order valence-electron chi connectivity index (χ1n) is 6.53. The van der Waals surface area contributed by atoms with Gasteiger partial charge >= 0.3 is 0 Å². The minimum Gasteiger partial charge on any atom is -0.397 e. The zero-order valence-electron chi connectivity index (χ0n) is 11.7. The molecule has 1 amide bonds. The third kappa shape index (κ3) is 4.29. The summed E-state index contributed by atoms with van der Waals surface area (Å²) in [6.45, 7) is 1.80. The van der Waals surface area contributed by atoms with E-state index in [4.69, 9.17) is 10.5 Å². The average molecular weight is 288 g/mol. The molecule has 2 aromatic rings. The Hall–Kier alpha value is -2.40. The Labute approximate surface area is 122 Å². The number of anilines is 2. The second kappa shape index (κ2) is 6.85. The highest BCUT2D eigenvalue weighted by Gasteiger charge is 2.07. The van der Waals surface area contributed by atoms with Crippen LogP contribution in [0, 0.1) is 12.7 Å². The van der Waals surface area contributed by atoms with Crippen molar-refractivity contribution in [3.63, 3.8) is 0 Å². The van der Waals surface area contributed by atoms with Crippen LogP contribution in [-0.4, -0.2) is 12.5 Å². The van der Waals surface area contributed by atoms with Crippen molar-refractivity contribution < 1.29 is 13.9 Å². The van der Waals surface area contributed by atoms with Gasteiger partial charge in [0.15, 0.2) is 0 Å². The van der Waals surface area contributed by atoms with Gasteiger partial charge in [-0.15, -0.1) is 0 Å². The van der Waals surface area contributed by atoms with Gasteiger partial charge < -0.3 is 15.8 Å². The highest BCUT2D eigenvalue weighted by Crippen LogP contribution is 2.19. The molecule has 0 saturated carbocycles. The number of carbonyl (C=O) groups excluding carboxylic acids is 1. The van der Waals surface area contributed by atoms with Gasteiger partial charge in [-0.25, -0.2) is 4.39 Å². The monoisotopic (exact) mass is 288 g/mol. The number of benzene rings is 2. The van der Waals surface area contributed by atoms with Crippen molar-refractivity contribution in [3.8, 4) is 0 Å². The molecule has 5 heteroatoms. The maximum Gasteiger partial charge on any atom is 0.250 e. The fraction of sp³-hybridized carbons (Fsp3) is 0.188. The van der Waals surface area contributed by atoms with Gasteiger partial charge in [0, 0.05) is 5.56 Å². The fourth-order valence-corrected chi connectivity index (χ4v) is 1.85. The molecule has 3 N–H and O–H groups in total. The second-order valence-electron chi connectivity index (χ2n) is 4.72. The van der Waals surface area contributed by atoms with Crippen molar-refractivity contribution in [1.29, 1.82) is 0 Å². The number of ether oxygens (including phenoxy) is 1. The predicted molar refractivity (Wildman–Crippen MR) is 80.3 cm³/mol. The molecule has 4 nitrogen and oxygen atoms in total. The number of hydrogen-bond donors (Lipinski definition) is 2. The van der Waals surface area contributed by atoms with Crippen molar-refractivity contribution in [1.82, 2.24) is 0 Å². The van der Waals surface area contributed by atoms with Gasteiger partial charge in [0.2, 0.25) is 5.91 Å². The van der Waals surface area contributed by atoms with E-state index in [-0.39, 0.29) is 24.9 Å². The summed E-state index contributed by atoms with van der Waals surface area (Å²) >= 11 is 0. The number of nitrogens with two attached hydrogens (primary N) is 1. The van der Waals surface area contributed by atoms with Crippen LogP contribution in [0.1, 0.15) is 11.1 Å². The van der Waals surface area contributed by atoms with Gasteiger partial charge in [0.1, 0.15) is 12.4 Å². The first-order chi connectivity index (χ1) is 10.1. The third-order valence-corrected chi connectivity index (χ3v) is 2.93. The quantitative estimate of drug-likeness (QED) is 0.831. The smallest absolute Gasteiger partial charge is 0.250 e. The summed E-state index contributed by atoms with van der Waals surface area (Å²) in [6.07, 6.45) is 0. The van der Waals surface area contributed by atoms with Gasteiger partial charge in [0.05, 0.1) is 18.0 Å². The highest BCUT2D eigenvalue weighted by molar-refractivity contribution is 5.94. The Kier molecular flexibility index (Phi) is 4.90. The number of carbonyl (C=O) groups is 1. The zero-order chi connectivity index (χ0) is 15.2. The Morgan fingerprint density at radius 2 is 2.05 bits per heavy atom. The molecule has 0 bridgehead atoms. The molecule has 21 heavy (non-hydrogen) atoms. The summed E-state index contributed by atoms with van der Waals surface area (Å²) in [5, 5.41) is 2.66. The van der Waals surface area contributed by atoms with E-state index in [1.165, 1.54) is 6.07 Å². The molecule has 0 aliphatic rings. The van der Waals surface area contributed by atoms with Crippen molar-refractivity contribution in [2.24, 2.45) is 0 Å². The summed E-state index contributed by atoms with van der Waals surface area (Å²) in [5.74, 6) is -0.678. The van der Waals surface area contributed by atoms with Gasteiger partial charge in [0.25, 0.3) is 0 Å². The molecule has 2 aromatic carbocycles. The van der Waals surface area contributed by atoms with Crippen LogP contribution in [0.4, 0.5) is 15.8 Å². The van der Waals surface area contributed by atoms with Crippen LogP contribution in [0.3, 0.4) is 0 Å². The molecule has 0 aliphatic carbocycles. The normalized spacial score (nSPS) is 10.4. The topological polar surface area (TPSA) is 64.3 Å². The first kappa shape index (κ1) is 15.0. The molecule has 2 rings (SSSR count). The molecule has 0 saturated heterocycles. The largest absolute Gasteiger partial charge is 0.397 e. The number of aryl methyl sites for hydroxylation is 1. The molecule has 0 atom stereocenters. The van der Waals surface area contributed by atoms with Gasteiger partial charge in [-0.3, -0.25) is 4.79 Å². The number of nitrogen functional groups attached to an aromatic ring is 1. The molecule has 0 unspecified atom stereocenters. The standard InChI is InChI=1S/C16H17FN2O2/c1-11-6-7-15(14(18)8-11)19-16(20)10-21-9-12-4-2-3-5-13(12)17/h2-8H,9-10,18H2,1H3,(H,19,20). The first-order valence-corrected chi connectivity index (χ1v) is 6.53. The van der Waals surface area contributed by atoms with E-state index in [0.29, 0.717) is 16.9 Å². The van der Waals surface area contributed by atoms with Crippen molar-refractivity contribution in [2.75, 3.05) is 17.7 Å². The summed E-state index contributed by atoms with van der Waals surface area (Å²) < 4.78 is 18.6. The van der Waals surface area contributed by atoms with E-state index in [0.717, 1.165) is 5.56 Å². The predicted octanol–water partition coefficient (Wildman–Crippen LogP) is 2.87. The molecule has 0 fully saturated rings. The maximum absolute atomic E-state index is 13.4. The van der Waals surface area contributed by atoms with Crippen LogP contribution >= 0.6 is 0 Å². The summed E-state index contributed by atoms with van der Waals surface area (Å²) in [5.41, 5.74) is 8.28. The van der Waals surface area contributed by atoms with E-state index in [1.807, 2.05) is 13.0 Å². The van der Waals surface area contributed by atoms with Crippen molar-refractivity contribution >= 4 is 17.3 Å². The van der Waals surface area contributed by atoms with Crippen LogP contribution < -0.4 is 11.1 Å². The minimum absolute atomic E-state index is 0.0451. The van der Waals surface area contributed by atoms with E-state index < -0.39 is 0 Å². The molecule has 110 valence electrons. The highest BCUT2D eigenvalue weighted by atomic mass is 19.1. The number of halogens is 1. The second-order valence-corrected chi connectivity index (χ2v) is 4.72. The van der Waals surface area contributed by atoms with Gasteiger partial charge in [-0.2, -0.15) is 0 Å². The Morgan fingerprint density at radius 3 is 2.76 bits per heavy atom. The number of hydrogen-bond acceptors (Lipinski definition) is 3. The van der Waals surface area contributed by atoms with Crippen LogP contribution in [0.5, 0.6) is 0 Å². The van der Waals surface area contributed by atoms with Crippen LogP contribution in [0.15, 0.2) is 42.5 Å². The van der Waals surface area contributed by atoms with E-state index in [2.05, 4.69) is 5.32 Å². The van der Waals surface area contributed by atoms with E-state index in [9.17, 15) is 9.18 Å². The lowest BCUT2D eigenvalue weighted by molar-refractivity contribution is -0.121. The van der Waals surface area contributed by atoms with E-state index in [1.54, 1.807) is 30.3 Å². The van der Waals surface area contributed by atoms with Crippen molar-refractivity contribution in [3.05, 3.63) is 59.4 Å². The number of rotatable bonds is 5. The SMILES string of the molecule is Cc1ccc(NC(=O)COCc2ccccc2F)c(N)c1. The Morgan fingerprint density at radius 1 is 1.29 bits per heavy atom. The molecular weight excluding hydrogens is 271 g/mol. The van der Waals surface area contributed by atoms with Gasteiger partial charge in [-0.1, -0.05) is 24.3 Å². The lowest BCUT2D eigenvalue weighted by atomic mass is 10.2. The van der Waals surface area contributed by atoms with Crippen molar-refractivity contribution in [2.45, 2.75) is 13.5 Å². The van der Waals surface area contributed by atoms with E-state index >= 15 is 0 Å². The summed E-state index contributed by atoms with van der Waals surface area (Å²) in [7, 11) is 0. The molecule has 0 radical (unpaired) electrons. The third-order valence-electron chi connectivity index (χ3n) is 2.93. The fourth-order valence-electron chi connectivity index (χ4n) is 1.85. The van der Waals surface area contributed by atoms with Crippen LogP contribution in [-0.2, 0) is 16.1 Å². The maximum atomic E-state index is 13.4. The lowest BCUT2D eigenvalue weighted by Gasteiger charge is -2.09. The average Bonchev–Trinajstić information content (AvgIpc) is 2.44. The molecule has 0 aliphatic heterocycles. The summed E-state index contributed by atoms with van der Waals surface area (Å²) in [6, 6.07) is 11.7. The Bertz CT molecular complexity index is 644. The number of amides is 1. The lowest BCUT2D eigenvalue weighted by Crippen LogP contribution is -2.19. The zero-order valence-corrected chi connectivity index (χ0v) is 11.7. The molecule has 0 heterocycles. The molecule has 0 aromatic heterocycles. The summed E-state index contributed by atoms with van der Waals surface area (Å²) in [4.78, 5) is 11.7. The number of nitrogens with one attached hydrogen (secondary N) is 1.